The highest BCUT2D eigenvalue weighted by Crippen LogP contribution is 2.34. The summed E-state index contributed by atoms with van der Waals surface area (Å²) in [5.74, 6) is 0.441. The van der Waals surface area contributed by atoms with Crippen molar-refractivity contribution in [2.75, 3.05) is 18.5 Å². The van der Waals surface area contributed by atoms with Crippen LogP contribution in [0.5, 0.6) is 5.75 Å². The third kappa shape index (κ3) is 4.91. The van der Waals surface area contributed by atoms with Crippen LogP contribution in [-0.4, -0.2) is 41.3 Å². The molecule has 1 fully saturated rings. The van der Waals surface area contributed by atoms with Gasteiger partial charge in [0, 0.05) is 23.8 Å². The second-order valence-electron chi connectivity index (χ2n) is 8.06. The number of Topliss-reactive ketones (excluding diaryl/α,β-unsaturated/α-hetero) is 1. The minimum atomic E-state index is -0.383. The highest BCUT2D eigenvalue weighted by atomic mass is 19.1. The van der Waals surface area contributed by atoms with Gasteiger partial charge in [-0.1, -0.05) is 13.8 Å². The van der Waals surface area contributed by atoms with Crippen LogP contribution in [0.15, 0.2) is 41.7 Å². The van der Waals surface area contributed by atoms with Crippen LogP contribution < -0.4 is 10.1 Å². The van der Waals surface area contributed by atoms with Crippen molar-refractivity contribution in [3.05, 3.63) is 48.0 Å². The molecule has 1 saturated heterocycles. The van der Waals surface area contributed by atoms with Crippen LogP contribution >= 0.6 is 0 Å². The van der Waals surface area contributed by atoms with Crippen LogP contribution in [-0.2, 0) is 9.53 Å². The molecule has 1 aliphatic rings. The molecule has 3 aromatic rings. The van der Waals surface area contributed by atoms with E-state index in [-0.39, 0.29) is 23.6 Å². The van der Waals surface area contributed by atoms with E-state index in [1.165, 1.54) is 24.7 Å². The van der Waals surface area contributed by atoms with E-state index >= 15 is 0 Å². The number of nitrogens with zero attached hydrogens (tertiary/aromatic N) is 3. The van der Waals surface area contributed by atoms with Crippen molar-refractivity contribution in [1.82, 2.24) is 9.97 Å². The molecule has 1 aromatic heterocycles. The molecule has 32 heavy (non-hydrogen) atoms. The zero-order valence-corrected chi connectivity index (χ0v) is 18.3. The van der Waals surface area contributed by atoms with Gasteiger partial charge in [-0.25, -0.2) is 14.4 Å². The molecule has 0 radical (unpaired) electrons. The maximum absolute atomic E-state index is 13.9. The topological polar surface area (TPSA) is 85.7 Å². The predicted molar refractivity (Wildman–Crippen MR) is 122 cm³/mol. The highest BCUT2D eigenvalue weighted by molar-refractivity contribution is 6.28. The number of nitrogens with one attached hydrogen (secondary N) is 1. The largest absolute Gasteiger partial charge is 0.486 e. The Hall–Kier alpha value is -3.39. The minimum Gasteiger partial charge on any atom is -0.486 e. The van der Waals surface area contributed by atoms with Gasteiger partial charge in [0.2, 0.25) is 0 Å². The van der Waals surface area contributed by atoms with Crippen LogP contribution in [0.4, 0.5) is 21.6 Å². The van der Waals surface area contributed by atoms with Gasteiger partial charge in [-0.05, 0) is 36.8 Å². The first-order valence-electron chi connectivity index (χ1n) is 10.5. The molecule has 7 nitrogen and oxygen atoms in total. The molecule has 0 spiro atoms. The second kappa shape index (κ2) is 9.40. The number of halogens is 1. The van der Waals surface area contributed by atoms with Gasteiger partial charge in [-0.15, -0.1) is 0 Å². The average molecular weight is 436 g/mol. The lowest BCUT2D eigenvalue weighted by Gasteiger charge is -2.17. The summed E-state index contributed by atoms with van der Waals surface area (Å²) in [6.45, 7) is 6.70. The van der Waals surface area contributed by atoms with Gasteiger partial charge in [0.25, 0.3) is 0 Å². The number of benzene rings is 2. The van der Waals surface area contributed by atoms with Crippen molar-refractivity contribution in [3.63, 3.8) is 0 Å². The summed E-state index contributed by atoms with van der Waals surface area (Å²) in [6.07, 6.45) is 3.44. The lowest BCUT2D eigenvalue weighted by molar-refractivity contribution is -0.115. The van der Waals surface area contributed by atoms with E-state index in [0.717, 1.165) is 17.4 Å². The minimum absolute atomic E-state index is 0.0377. The molecule has 2 heterocycles. The smallest absolute Gasteiger partial charge is 0.176 e. The highest BCUT2D eigenvalue weighted by Gasteiger charge is 2.20. The summed E-state index contributed by atoms with van der Waals surface area (Å²) in [4.78, 5) is 24.9. The molecule has 0 bridgehead atoms. The lowest BCUT2D eigenvalue weighted by atomic mass is 10.1. The van der Waals surface area contributed by atoms with Gasteiger partial charge in [0.15, 0.2) is 5.78 Å². The molecular formula is C24H25FN4O3. The van der Waals surface area contributed by atoms with Crippen LogP contribution in [0.3, 0.4) is 0 Å². The van der Waals surface area contributed by atoms with Gasteiger partial charge in [0.05, 0.1) is 36.3 Å². The number of ether oxygens (including phenoxy) is 2. The van der Waals surface area contributed by atoms with E-state index in [1.807, 2.05) is 26.8 Å². The zero-order chi connectivity index (χ0) is 22.7. The van der Waals surface area contributed by atoms with Gasteiger partial charge in [-0.2, -0.15) is 0 Å². The fourth-order valence-corrected chi connectivity index (χ4v) is 3.44. The van der Waals surface area contributed by atoms with Gasteiger partial charge in [0.1, 0.15) is 29.8 Å². The summed E-state index contributed by atoms with van der Waals surface area (Å²) in [5, 5.41) is 4.07. The number of aryl methyl sites for hydroxylation is 1. The first-order chi connectivity index (χ1) is 15.4. The average Bonchev–Trinajstić information content (AvgIpc) is 3.27. The molecule has 0 aliphatic carbocycles. The summed E-state index contributed by atoms with van der Waals surface area (Å²) in [5.41, 5.74) is 2.81. The fourth-order valence-electron chi connectivity index (χ4n) is 3.44. The fraction of sp³-hybridized carbons (Fsp3) is 0.333. The maximum atomic E-state index is 13.9. The van der Waals surface area contributed by atoms with E-state index in [2.05, 4.69) is 20.3 Å². The van der Waals surface area contributed by atoms with Gasteiger partial charge in [-0.3, -0.25) is 9.79 Å². The van der Waals surface area contributed by atoms with Gasteiger partial charge >= 0.3 is 0 Å². The van der Waals surface area contributed by atoms with Crippen LogP contribution in [0.25, 0.3) is 10.9 Å². The van der Waals surface area contributed by atoms with Crippen molar-refractivity contribution in [1.29, 1.82) is 0 Å². The first kappa shape index (κ1) is 21.8. The van der Waals surface area contributed by atoms with Crippen molar-refractivity contribution in [2.24, 2.45) is 10.9 Å². The number of hydrogen-bond acceptors (Lipinski definition) is 7. The third-order valence-electron chi connectivity index (χ3n) is 5.21. The molecular weight excluding hydrogens is 411 g/mol. The van der Waals surface area contributed by atoms with Crippen molar-refractivity contribution in [2.45, 2.75) is 33.3 Å². The van der Waals surface area contributed by atoms with Crippen LogP contribution in [0, 0.1) is 18.7 Å². The molecule has 0 amide bonds. The van der Waals surface area contributed by atoms with Crippen molar-refractivity contribution in [3.8, 4) is 5.75 Å². The zero-order valence-electron chi connectivity index (χ0n) is 18.3. The normalized spacial score (nSPS) is 16.2. The lowest BCUT2D eigenvalue weighted by Crippen LogP contribution is -2.16. The quantitative estimate of drug-likeness (QED) is 0.530. The first-order valence-corrected chi connectivity index (χ1v) is 10.5. The summed E-state index contributed by atoms with van der Waals surface area (Å²) in [7, 11) is 0. The summed E-state index contributed by atoms with van der Waals surface area (Å²) >= 11 is 0. The van der Waals surface area contributed by atoms with E-state index < -0.39 is 0 Å². The molecule has 2 aromatic carbocycles. The predicted octanol–water partition coefficient (Wildman–Crippen LogP) is 4.92. The number of aromatic nitrogens is 2. The van der Waals surface area contributed by atoms with Crippen LogP contribution in [0.2, 0.25) is 0 Å². The van der Waals surface area contributed by atoms with Gasteiger partial charge < -0.3 is 14.8 Å². The molecule has 1 unspecified atom stereocenters. The Kier molecular flexibility index (Phi) is 6.41. The SMILES string of the molecule is Cc1cc(N=CC(=O)C(C)C)cc2ncnc(Nc3ccc(F)cc3OC3CCOC3)c12. The van der Waals surface area contributed by atoms with E-state index in [4.69, 9.17) is 9.47 Å². The number of ketones is 1. The molecule has 1 atom stereocenters. The number of anilines is 2. The van der Waals surface area contributed by atoms with E-state index in [9.17, 15) is 9.18 Å². The Morgan fingerprint density at radius 2 is 2.16 bits per heavy atom. The Morgan fingerprint density at radius 3 is 2.91 bits per heavy atom. The Balaban J connectivity index is 1.66. The van der Waals surface area contributed by atoms with Crippen molar-refractivity contribution >= 4 is 40.1 Å². The van der Waals surface area contributed by atoms with E-state index in [0.29, 0.717) is 41.7 Å². The number of fused-ring (bicyclic) bond motifs is 1. The molecule has 4 rings (SSSR count). The summed E-state index contributed by atoms with van der Waals surface area (Å²) in [6, 6.07) is 8.03. The standard InChI is InChI=1S/C24H25FN4O3/c1-14(2)21(30)11-26-17-8-15(3)23-20(10-17)27-13-28-24(23)29-19-5-4-16(25)9-22(19)32-18-6-7-31-12-18/h4-5,8-11,13-14,18H,6-7,12H2,1-3H3,(H,27,28,29). The third-order valence-corrected chi connectivity index (χ3v) is 5.21. The molecule has 0 saturated carbocycles. The number of carbonyl (C=O) groups excluding carboxylic acids is 1. The number of carbonyl (C=O) groups is 1. The Labute approximate surface area is 185 Å². The number of hydrogen-bond donors (Lipinski definition) is 1. The Morgan fingerprint density at radius 1 is 1.31 bits per heavy atom. The second-order valence-corrected chi connectivity index (χ2v) is 8.06. The van der Waals surface area contributed by atoms with E-state index in [1.54, 1.807) is 12.1 Å². The molecule has 166 valence electrons. The van der Waals surface area contributed by atoms with Crippen molar-refractivity contribution < 1.29 is 18.7 Å². The molecule has 8 heteroatoms. The summed E-state index contributed by atoms with van der Waals surface area (Å²) < 4.78 is 25.2. The molecule has 1 N–H and O–H groups in total. The monoisotopic (exact) mass is 436 g/mol. The maximum Gasteiger partial charge on any atom is 0.176 e. The Bertz CT molecular complexity index is 1170. The number of rotatable bonds is 7. The molecule has 1 aliphatic heterocycles. The number of aliphatic imine (C=N–C) groups is 1. The van der Waals surface area contributed by atoms with Crippen LogP contribution in [0.1, 0.15) is 25.8 Å².